The maximum atomic E-state index is 14.5. The van der Waals surface area contributed by atoms with E-state index >= 15 is 0 Å². The number of ketones is 2. The van der Waals surface area contributed by atoms with Gasteiger partial charge in [-0.3, -0.25) is 19.4 Å². The number of amides is 1. The minimum absolute atomic E-state index is 0.0279. The van der Waals surface area contributed by atoms with Gasteiger partial charge in [-0.1, -0.05) is 36.7 Å². The number of methoxy groups -OCH3 is 2. The summed E-state index contributed by atoms with van der Waals surface area (Å²) in [5.41, 5.74) is 0.702. The lowest BCUT2D eigenvalue weighted by molar-refractivity contribution is -0.131. The topological polar surface area (TPSA) is 113 Å². The number of nitrogens with one attached hydrogen (secondary N) is 1. The molecule has 1 amide bonds. The van der Waals surface area contributed by atoms with Gasteiger partial charge in [0, 0.05) is 53.6 Å². The summed E-state index contributed by atoms with van der Waals surface area (Å²) in [5.74, 6) is -1.35. The number of aromatic nitrogens is 1. The van der Waals surface area contributed by atoms with Crippen molar-refractivity contribution < 1.29 is 33.3 Å². The van der Waals surface area contributed by atoms with Crippen LogP contribution >= 0.6 is 11.6 Å². The van der Waals surface area contributed by atoms with Crippen LogP contribution in [0.5, 0.6) is 23.0 Å². The first-order chi connectivity index (χ1) is 19.8. The second kappa shape index (κ2) is 10.2. The normalized spacial score (nSPS) is 23.1. The zero-order valence-corrected chi connectivity index (χ0v) is 23.4. The Morgan fingerprint density at radius 2 is 1.85 bits per heavy atom. The van der Waals surface area contributed by atoms with Crippen molar-refractivity contribution in [2.75, 3.05) is 14.2 Å². The SMILES string of the molecule is COc1cc(OC)c2c(c1Cl)O[C@@]1(C(=O)C3=C(C[C@H]1C)NC(=O)C[C@H]3c1cccc(OCc3cccnc3)c1)C2=O. The van der Waals surface area contributed by atoms with Crippen molar-refractivity contribution in [3.8, 4) is 23.0 Å². The summed E-state index contributed by atoms with van der Waals surface area (Å²) in [7, 11) is 2.86. The number of hydrogen-bond acceptors (Lipinski definition) is 8. The zero-order valence-electron chi connectivity index (χ0n) is 22.7. The summed E-state index contributed by atoms with van der Waals surface area (Å²) in [5, 5.41) is 2.96. The third kappa shape index (κ3) is 4.23. The van der Waals surface area contributed by atoms with Gasteiger partial charge >= 0.3 is 0 Å². The molecule has 2 aromatic carbocycles. The lowest BCUT2D eigenvalue weighted by atomic mass is 9.66. The number of hydrogen-bond donors (Lipinski definition) is 1. The van der Waals surface area contributed by atoms with Crippen LogP contribution in [-0.2, 0) is 16.2 Å². The van der Waals surface area contributed by atoms with Crippen LogP contribution in [0.1, 0.15) is 47.2 Å². The van der Waals surface area contributed by atoms with Crippen molar-refractivity contribution in [2.45, 2.75) is 37.9 Å². The second-order valence-corrected chi connectivity index (χ2v) is 10.7. The number of fused-ring (bicyclic) bond motifs is 1. The minimum Gasteiger partial charge on any atom is -0.496 e. The largest absolute Gasteiger partial charge is 0.496 e. The van der Waals surface area contributed by atoms with E-state index in [1.807, 2.05) is 36.4 Å². The minimum atomic E-state index is -1.86. The van der Waals surface area contributed by atoms with Gasteiger partial charge in [0.15, 0.2) is 5.75 Å². The van der Waals surface area contributed by atoms with Crippen molar-refractivity contribution >= 4 is 29.1 Å². The smallest absolute Gasteiger partial charge is 0.236 e. The first-order valence-corrected chi connectivity index (χ1v) is 13.5. The van der Waals surface area contributed by atoms with E-state index in [1.165, 1.54) is 20.3 Å². The molecule has 0 bridgehead atoms. The van der Waals surface area contributed by atoms with E-state index in [9.17, 15) is 14.4 Å². The van der Waals surface area contributed by atoms with Crippen molar-refractivity contribution in [3.63, 3.8) is 0 Å². The molecule has 41 heavy (non-hydrogen) atoms. The van der Waals surface area contributed by atoms with Crippen LogP contribution in [0.2, 0.25) is 5.02 Å². The van der Waals surface area contributed by atoms with Crippen molar-refractivity contribution in [1.29, 1.82) is 0 Å². The van der Waals surface area contributed by atoms with E-state index in [0.29, 0.717) is 29.2 Å². The summed E-state index contributed by atoms with van der Waals surface area (Å²) >= 11 is 6.56. The monoisotopic (exact) mass is 574 g/mol. The van der Waals surface area contributed by atoms with E-state index in [4.69, 9.17) is 30.5 Å². The highest BCUT2D eigenvalue weighted by Gasteiger charge is 2.63. The fourth-order valence-corrected chi connectivity index (χ4v) is 6.21. The van der Waals surface area contributed by atoms with Crippen molar-refractivity contribution in [3.05, 3.63) is 87.8 Å². The molecular weight excluding hydrogens is 548 g/mol. The molecule has 1 N–H and O–H groups in total. The Morgan fingerprint density at radius 3 is 2.59 bits per heavy atom. The number of benzene rings is 2. The van der Waals surface area contributed by atoms with Crippen LogP contribution in [0.4, 0.5) is 0 Å². The third-order valence-electron chi connectivity index (χ3n) is 7.95. The molecular formula is C31H27ClN2O7. The molecule has 3 aromatic rings. The van der Waals surface area contributed by atoms with E-state index in [-0.39, 0.29) is 46.6 Å². The molecule has 0 saturated carbocycles. The van der Waals surface area contributed by atoms with Gasteiger partial charge < -0.3 is 24.3 Å². The van der Waals surface area contributed by atoms with Gasteiger partial charge in [0.1, 0.15) is 34.4 Å². The highest BCUT2D eigenvalue weighted by Crippen LogP contribution is 2.55. The number of carbonyl (C=O) groups excluding carboxylic acids is 3. The molecule has 1 aromatic heterocycles. The summed E-state index contributed by atoms with van der Waals surface area (Å²) in [6.45, 7) is 2.06. The Labute approximate surface area is 241 Å². The molecule has 1 spiro atoms. The highest BCUT2D eigenvalue weighted by atomic mass is 35.5. The van der Waals surface area contributed by atoms with Gasteiger partial charge in [0.05, 0.1) is 14.2 Å². The Kier molecular flexibility index (Phi) is 6.69. The lowest BCUT2D eigenvalue weighted by Gasteiger charge is -2.41. The average Bonchev–Trinajstić information content (AvgIpc) is 3.30. The number of allylic oxidation sites excluding steroid dienone is 1. The van der Waals surface area contributed by atoms with Crippen LogP contribution in [0, 0.1) is 5.92 Å². The number of rotatable bonds is 6. The van der Waals surface area contributed by atoms with Crippen molar-refractivity contribution in [1.82, 2.24) is 10.3 Å². The van der Waals surface area contributed by atoms with Gasteiger partial charge in [0.25, 0.3) is 0 Å². The van der Waals surface area contributed by atoms with E-state index in [0.717, 1.165) is 5.56 Å². The molecule has 3 heterocycles. The van der Waals surface area contributed by atoms with Gasteiger partial charge in [0.2, 0.25) is 23.1 Å². The molecule has 2 aliphatic heterocycles. The van der Waals surface area contributed by atoms with Crippen LogP contribution in [0.3, 0.4) is 0 Å². The number of Topliss-reactive ketones (excluding diaryl/α,β-unsaturated/α-hetero) is 2. The fourth-order valence-electron chi connectivity index (χ4n) is 5.95. The first kappa shape index (κ1) is 26.8. The predicted octanol–water partition coefficient (Wildman–Crippen LogP) is 4.81. The van der Waals surface area contributed by atoms with Gasteiger partial charge in [-0.05, 0) is 30.2 Å². The molecule has 6 rings (SSSR count). The Hall–Kier alpha value is -4.37. The van der Waals surface area contributed by atoms with Gasteiger partial charge in [-0.15, -0.1) is 0 Å². The van der Waals surface area contributed by atoms with Crippen LogP contribution in [0.25, 0.3) is 0 Å². The summed E-state index contributed by atoms with van der Waals surface area (Å²) in [6.07, 6.45) is 3.69. The zero-order chi connectivity index (χ0) is 28.9. The van der Waals surface area contributed by atoms with Gasteiger partial charge in [-0.2, -0.15) is 0 Å². The number of ether oxygens (including phenoxy) is 4. The van der Waals surface area contributed by atoms with E-state index in [2.05, 4.69) is 10.3 Å². The predicted molar refractivity (Wildman–Crippen MR) is 149 cm³/mol. The molecule has 0 fully saturated rings. The number of pyridine rings is 1. The maximum Gasteiger partial charge on any atom is 0.236 e. The maximum absolute atomic E-state index is 14.5. The molecule has 9 nitrogen and oxygen atoms in total. The Balaban J connectivity index is 1.39. The standard InChI is InChI=1S/C31H27ClN2O7/c1-16-10-21-25(29(36)31(16)30(37)26-22(38-2)13-23(39-3)27(32)28(26)41-31)20(12-24(35)34-21)18-7-4-8-19(11-18)40-15-17-6-5-9-33-14-17/h4-9,11,13-14,16,20H,10,12,15H2,1-3H3,(H,34,35)/t16-,20+,31+/m1/s1. The summed E-state index contributed by atoms with van der Waals surface area (Å²) < 4.78 is 23.1. The summed E-state index contributed by atoms with van der Waals surface area (Å²) in [6, 6.07) is 12.5. The molecule has 0 unspecified atom stereocenters. The quantitative estimate of drug-likeness (QED) is 0.417. The van der Waals surface area contributed by atoms with E-state index < -0.39 is 29.0 Å². The number of nitrogens with zero attached hydrogens (tertiary/aromatic N) is 1. The molecule has 210 valence electrons. The lowest BCUT2D eigenvalue weighted by Crippen LogP contribution is -2.59. The Morgan fingerprint density at radius 1 is 1.05 bits per heavy atom. The highest BCUT2D eigenvalue weighted by molar-refractivity contribution is 6.36. The van der Waals surface area contributed by atoms with Gasteiger partial charge in [-0.25, -0.2) is 0 Å². The fraction of sp³-hybridized carbons (Fsp3) is 0.290. The molecule has 1 aliphatic carbocycles. The van der Waals surface area contributed by atoms with Crippen LogP contribution in [0.15, 0.2) is 66.1 Å². The first-order valence-electron chi connectivity index (χ1n) is 13.2. The molecule has 0 radical (unpaired) electrons. The summed E-state index contributed by atoms with van der Waals surface area (Å²) in [4.78, 5) is 45.6. The number of halogens is 1. The molecule has 0 saturated heterocycles. The Bertz CT molecular complexity index is 1620. The number of carbonyl (C=O) groups is 3. The van der Waals surface area contributed by atoms with Crippen LogP contribution in [-0.4, -0.2) is 42.3 Å². The third-order valence-corrected chi connectivity index (χ3v) is 8.30. The average molecular weight is 575 g/mol. The molecule has 3 atom stereocenters. The second-order valence-electron chi connectivity index (χ2n) is 10.3. The van der Waals surface area contributed by atoms with Crippen LogP contribution < -0.4 is 24.3 Å². The van der Waals surface area contributed by atoms with E-state index in [1.54, 1.807) is 19.3 Å². The molecule has 3 aliphatic rings. The van der Waals surface area contributed by atoms with Crippen molar-refractivity contribution in [2.24, 2.45) is 5.92 Å². The molecule has 10 heteroatoms.